The van der Waals surface area contributed by atoms with Crippen molar-refractivity contribution < 1.29 is 18.0 Å². The minimum Gasteiger partial charge on any atom is -0.336 e. The molecule has 3 heterocycles. The maximum atomic E-state index is 14.2. The number of amides is 2. The van der Waals surface area contributed by atoms with Gasteiger partial charge in [-0.1, -0.05) is 46.9 Å². The fourth-order valence-electron chi connectivity index (χ4n) is 5.79. The maximum Gasteiger partial charge on any atom is 0.244 e. The molecule has 222 valence electrons. The summed E-state index contributed by atoms with van der Waals surface area (Å²) in [7, 11) is -4.09. The standard InChI is InChI=1S/C30H26Cl3N5O4S/c1-17-21(3-2-10-35-17)18-4-5-25(22(32)11-18)43(41,42)20-13-24(27(39)37-29(16-34)6-7-29)38(15-20)28(40)30(8-9-30)26-23(33)12-19(31)14-36-26/h2-5,10-12,14,20,24H,6-9,13,15H2,1H3,(H,37,39). The number of hydrogen-bond acceptors (Lipinski definition) is 7. The molecule has 6 rings (SSSR count). The van der Waals surface area contributed by atoms with E-state index in [0.717, 1.165) is 11.3 Å². The minimum atomic E-state index is -4.09. The lowest BCUT2D eigenvalue weighted by molar-refractivity contribution is -0.140. The molecule has 3 aliphatic rings. The Kier molecular flexibility index (Phi) is 7.45. The Labute approximate surface area is 264 Å². The first kappa shape index (κ1) is 29.8. The third-order valence-corrected chi connectivity index (χ3v) is 11.7. The van der Waals surface area contributed by atoms with E-state index in [-0.39, 0.29) is 27.9 Å². The highest BCUT2D eigenvalue weighted by Crippen LogP contribution is 2.52. The lowest BCUT2D eigenvalue weighted by atomic mass is 9.98. The molecule has 43 heavy (non-hydrogen) atoms. The van der Waals surface area contributed by atoms with Crippen LogP contribution in [0.25, 0.3) is 11.1 Å². The van der Waals surface area contributed by atoms with Crippen LogP contribution >= 0.6 is 34.8 Å². The average molecular weight is 659 g/mol. The van der Waals surface area contributed by atoms with Gasteiger partial charge in [0.15, 0.2) is 9.84 Å². The fraction of sp³-hybridized carbons (Fsp3) is 0.367. The summed E-state index contributed by atoms with van der Waals surface area (Å²) in [6.45, 7) is 1.62. The summed E-state index contributed by atoms with van der Waals surface area (Å²) in [5, 5.41) is 11.8. The number of aryl methyl sites for hydroxylation is 1. The van der Waals surface area contributed by atoms with Crippen LogP contribution in [-0.4, -0.2) is 58.5 Å². The molecule has 3 fully saturated rings. The summed E-state index contributed by atoms with van der Waals surface area (Å²) in [6, 6.07) is 10.9. The summed E-state index contributed by atoms with van der Waals surface area (Å²) in [5.41, 5.74) is 0.552. The second-order valence-corrected chi connectivity index (χ2v) is 14.9. The van der Waals surface area contributed by atoms with Crippen molar-refractivity contribution in [3.8, 4) is 17.2 Å². The molecule has 2 unspecified atom stereocenters. The van der Waals surface area contributed by atoms with E-state index in [9.17, 15) is 23.3 Å². The zero-order chi connectivity index (χ0) is 30.7. The average Bonchev–Trinajstić information content (AvgIpc) is 3.89. The molecule has 9 nitrogen and oxygen atoms in total. The van der Waals surface area contributed by atoms with E-state index in [1.165, 1.54) is 23.2 Å². The molecule has 2 atom stereocenters. The number of carbonyl (C=O) groups is 2. The smallest absolute Gasteiger partial charge is 0.244 e. The fourth-order valence-corrected chi connectivity index (χ4v) is 8.59. The monoisotopic (exact) mass is 657 g/mol. The SMILES string of the molecule is Cc1ncccc1-c1ccc(S(=O)(=O)C2CC(C(=O)NC3(C#N)CC3)N(C(=O)C3(c4ncc(Cl)cc4Cl)CC3)C2)c(Cl)c1. The summed E-state index contributed by atoms with van der Waals surface area (Å²) in [4.78, 5) is 37.5. The summed E-state index contributed by atoms with van der Waals surface area (Å²) < 4.78 is 28.0. The Morgan fingerprint density at radius 1 is 1.07 bits per heavy atom. The lowest BCUT2D eigenvalue weighted by Crippen LogP contribution is -2.51. The predicted molar refractivity (Wildman–Crippen MR) is 161 cm³/mol. The lowest BCUT2D eigenvalue weighted by Gasteiger charge is -2.29. The van der Waals surface area contributed by atoms with Gasteiger partial charge in [-0.2, -0.15) is 5.26 Å². The van der Waals surface area contributed by atoms with Crippen LogP contribution < -0.4 is 5.32 Å². The van der Waals surface area contributed by atoms with Gasteiger partial charge < -0.3 is 10.2 Å². The second-order valence-electron chi connectivity index (χ2n) is 11.4. The topological polar surface area (TPSA) is 133 Å². The highest BCUT2D eigenvalue weighted by molar-refractivity contribution is 7.92. The van der Waals surface area contributed by atoms with Crippen LogP contribution in [0.15, 0.2) is 53.7 Å². The van der Waals surface area contributed by atoms with Crippen molar-refractivity contribution in [2.75, 3.05) is 6.54 Å². The Morgan fingerprint density at radius 2 is 1.81 bits per heavy atom. The summed E-state index contributed by atoms with van der Waals surface area (Å²) in [5.74, 6) is -0.998. The number of sulfone groups is 1. The molecular formula is C30H26Cl3N5O4S. The Bertz CT molecular complexity index is 1820. The van der Waals surface area contributed by atoms with E-state index >= 15 is 0 Å². The van der Waals surface area contributed by atoms with Crippen LogP contribution in [0.3, 0.4) is 0 Å². The number of nitrogens with one attached hydrogen (secondary N) is 1. The molecule has 1 aromatic carbocycles. The first-order valence-electron chi connectivity index (χ1n) is 13.7. The van der Waals surface area contributed by atoms with E-state index in [0.29, 0.717) is 42.0 Å². The van der Waals surface area contributed by atoms with Crippen molar-refractivity contribution in [1.29, 1.82) is 5.26 Å². The van der Waals surface area contributed by atoms with Crippen LogP contribution in [-0.2, 0) is 24.8 Å². The maximum absolute atomic E-state index is 14.2. The number of carbonyl (C=O) groups excluding carboxylic acids is 2. The molecule has 2 aliphatic carbocycles. The van der Waals surface area contributed by atoms with Gasteiger partial charge in [-0.15, -0.1) is 0 Å². The second kappa shape index (κ2) is 10.7. The van der Waals surface area contributed by atoms with Crippen molar-refractivity contribution in [1.82, 2.24) is 20.2 Å². The van der Waals surface area contributed by atoms with E-state index in [1.54, 1.807) is 24.4 Å². The molecule has 0 bridgehead atoms. The van der Waals surface area contributed by atoms with Crippen LogP contribution in [0, 0.1) is 18.3 Å². The van der Waals surface area contributed by atoms with Crippen molar-refractivity contribution in [2.45, 2.75) is 66.2 Å². The molecule has 1 aliphatic heterocycles. The Hall–Kier alpha value is -3.23. The third kappa shape index (κ3) is 5.27. The highest BCUT2D eigenvalue weighted by atomic mass is 35.5. The van der Waals surface area contributed by atoms with E-state index in [1.807, 2.05) is 13.0 Å². The van der Waals surface area contributed by atoms with Gasteiger partial charge in [0.2, 0.25) is 11.8 Å². The number of rotatable bonds is 7. The minimum absolute atomic E-state index is 0.0313. The highest BCUT2D eigenvalue weighted by Gasteiger charge is 2.59. The number of benzene rings is 1. The molecule has 0 radical (unpaired) electrons. The summed E-state index contributed by atoms with van der Waals surface area (Å²) in [6.07, 6.45) is 4.77. The quantitative estimate of drug-likeness (QED) is 0.375. The Morgan fingerprint density at radius 3 is 2.42 bits per heavy atom. The van der Waals surface area contributed by atoms with Gasteiger partial charge in [-0.05, 0) is 68.9 Å². The zero-order valence-electron chi connectivity index (χ0n) is 23.0. The molecule has 2 saturated carbocycles. The number of pyridine rings is 2. The first-order chi connectivity index (χ1) is 20.4. The number of nitriles is 1. The first-order valence-corrected chi connectivity index (χ1v) is 16.4. The molecule has 13 heteroatoms. The van der Waals surface area contributed by atoms with Gasteiger partial charge in [-0.25, -0.2) is 8.42 Å². The Balaban J connectivity index is 1.33. The number of hydrogen-bond donors (Lipinski definition) is 1. The van der Waals surface area contributed by atoms with Crippen molar-refractivity contribution in [3.63, 3.8) is 0 Å². The van der Waals surface area contributed by atoms with E-state index in [4.69, 9.17) is 34.8 Å². The van der Waals surface area contributed by atoms with E-state index < -0.39 is 43.9 Å². The van der Waals surface area contributed by atoms with Gasteiger partial charge >= 0.3 is 0 Å². The normalized spacial score (nSPS) is 21.6. The molecule has 2 aromatic heterocycles. The van der Waals surface area contributed by atoms with Gasteiger partial charge in [-0.3, -0.25) is 19.6 Å². The van der Waals surface area contributed by atoms with Gasteiger partial charge in [0.1, 0.15) is 11.6 Å². The van der Waals surface area contributed by atoms with Gasteiger partial charge in [0, 0.05) is 30.2 Å². The van der Waals surface area contributed by atoms with Crippen LogP contribution in [0.1, 0.15) is 43.5 Å². The van der Waals surface area contributed by atoms with Crippen LogP contribution in [0.4, 0.5) is 0 Å². The third-order valence-electron chi connectivity index (χ3n) is 8.57. The largest absolute Gasteiger partial charge is 0.336 e. The van der Waals surface area contributed by atoms with Crippen LogP contribution in [0.2, 0.25) is 15.1 Å². The predicted octanol–water partition coefficient (Wildman–Crippen LogP) is 5.06. The zero-order valence-corrected chi connectivity index (χ0v) is 26.1. The number of halogens is 3. The van der Waals surface area contributed by atoms with Gasteiger partial charge in [0.05, 0.1) is 42.4 Å². The molecule has 0 spiro atoms. The van der Waals surface area contributed by atoms with E-state index in [2.05, 4.69) is 21.4 Å². The molecule has 1 saturated heterocycles. The van der Waals surface area contributed by atoms with Gasteiger partial charge in [0.25, 0.3) is 0 Å². The van der Waals surface area contributed by atoms with Crippen LogP contribution in [0.5, 0.6) is 0 Å². The summed E-state index contributed by atoms with van der Waals surface area (Å²) >= 11 is 19.0. The number of aromatic nitrogens is 2. The molecular weight excluding hydrogens is 633 g/mol. The molecule has 1 N–H and O–H groups in total. The number of nitrogens with zero attached hydrogens (tertiary/aromatic N) is 4. The molecule has 3 aromatic rings. The van der Waals surface area contributed by atoms with Crippen molar-refractivity contribution in [2.24, 2.45) is 0 Å². The molecule has 2 amide bonds. The van der Waals surface area contributed by atoms with Crippen molar-refractivity contribution >= 4 is 56.5 Å². The number of likely N-dealkylation sites (tertiary alicyclic amines) is 1. The van der Waals surface area contributed by atoms with Crippen molar-refractivity contribution in [3.05, 3.63) is 75.2 Å².